The number of aliphatic hydroxyl groups is 1. The van der Waals surface area contributed by atoms with Crippen LogP contribution in [0, 0.1) is 12.8 Å². The number of nitrogens with zero attached hydrogens (tertiary/aromatic N) is 2. The fraction of sp³-hybridized carbons (Fsp3) is 0.375. The molecule has 1 atom stereocenters. The smallest absolute Gasteiger partial charge is 0.271 e. The van der Waals surface area contributed by atoms with E-state index >= 15 is 0 Å². The van der Waals surface area contributed by atoms with Crippen LogP contribution < -0.4 is 5.32 Å². The quantitative estimate of drug-likeness (QED) is 0.859. The SMILES string of the molecule is Cc1cc(C(=O)NC[C@@H](C)CCO)nn1-c1ccccc1Cl. The van der Waals surface area contributed by atoms with Gasteiger partial charge in [-0.25, -0.2) is 4.68 Å². The molecule has 0 aliphatic heterocycles. The number of carbonyl (C=O) groups excluding carboxylic acids is 1. The Bertz CT molecular complexity index is 655. The molecular weight excluding hydrogens is 302 g/mol. The molecule has 0 spiro atoms. The van der Waals surface area contributed by atoms with Crippen LogP contribution in [0.1, 0.15) is 29.5 Å². The average molecular weight is 322 g/mol. The minimum atomic E-state index is -0.223. The summed E-state index contributed by atoms with van der Waals surface area (Å²) >= 11 is 6.17. The first-order chi connectivity index (χ1) is 10.5. The monoisotopic (exact) mass is 321 g/mol. The maximum Gasteiger partial charge on any atom is 0.271 e. The number of aliphatic hydroxyl groups excluding tert-OH is 1. The zero-order chi connectivity index (χ0) is 16.1. The van der Waals surface area contributed by atoms with Gasteiger partial charge in [-0.05, 0) is 37.5 Å². The van der Waals surface area contributed by atoms with Crippen LogP contribution in [0.2, 0.25) is 5.02 Å². The molecule has 0 unspecified atom stereocenters. The van der Waals surface area contributed by atoms with Gasteiger partial charge in [0.2, 0.25) is 0 Å². The lowest BCUT2D eigenvalue weighted by Gasteiger charge is -2.10. The summed E-state index contributed by atoms with van der Waals surface area (Å²) in [7, 11) is 0. The fourth-order valence-corrected chi connectivity index (χ4v) is 2.35. The summed E-state index contributed by atoms with van der Waals surface area (Å²) < 4.78 is 1.66. The highest BCUT2D eigenvalue weighted by Gasteiger charge is 2.15. The van der Waals surface area contributed by atoms with Crippen LogP contribution in [0.25, 0.3) is 5.69 Å². The molecule has 0 aliphatic rings. The highest BCUT2D eigenvalue weighted by molar-refractivity contribution is 6.32. The Hall–Kier alpha value is -1.85. The molecule has 0 saturated carbocycles. The van der Waals surface area contributed by atoms with Gasteiger partial charge < -0.3 is 10.4 Å². The maximum atomic E-state index is 12.2. The highest BCUT2D eigenvalue weighted by atomic mass is 35.5. The summed E-state index contributed by atoms with van der Waals surface area (Å²) in [4.78, 5) is 12.2. The molecule has 1 aromatic carbocycles. The lowest BCUT2D eigenvalue weighted by molar-refractivity contribution is 0.0940. The van der Waals surface area contributed by atoms with Crippen LogP contribution in [0.5, 0.6) is 0 Å². The van der Waals surface area contributed by atoms with Crippen LogP contribution in [-0.4, -0.2) is 33.9 Å². The first-order valence-electron chi connectivity index (χ1n) is 7.23. The fourth-order valence-electron chi connectivity index (χ4n) is 2.13. The van der Waals surface area contributed by atoms with E-state index in [-0.39, 0.29) is 18.4 Å². The summed E-state index contributed by atoms with van der Waals surface area (Å²) in [5.41, 5.74) is 1.93. The number of benzene rings is 1. The van der Waals surface area contributed by atoms with E-state index in [1.54, 1.807) is 16.8 Å². The van der Waals surface area contributed by atoms with Crippen molar-refractivity contribution in [3.05, 3.63) is 46.7 Å². The van der Waals surface area contributed by atoms with Gasteiger partial charge in [0.1, 0.15) is 0 Å². The predicted molar refractivity (Wildman–Crippen MR) is 86.5 cm³/mol. The van der Waals surface area contributed by atoms with Crippen LogP contribution in [0.3, 0.4) is 0 Å². The van der Waals surface area contributed by atoms with E-state index in [2.05, 4.69) is 10.4 Å². The number of halogens is 1. The van der Waals surface area contributed by atoms with E-state index in [9.17, 15) is 4.79 Å². The Morgan fingerprint density at radius 1 is 1.45 bits per heavy atom. The van der Waals surface area contributed by atoms with Crippen molar-refractivity contribution in [3.63, 3.8) is 0 Å². The van der Waals surface area contributed by atoms with Gasteiger partial charge in [0, 0.05) is 18.8 Å². The standard InChI is InChI=1S/C16H20ClN3O2/c1-11(7-8-21)10-18-16(22)14-9-12(2)20(19-14)15-6-4-3-5-13(15)17/h3-6,9,11,21H,7-8,10H2,1-2H3,(H,18,22)/t11-/m0/s1. The molecule has 0 bridgehead atoms. The van der Waals surface area contributed by atoms with Gasteiger partial charge in [0.05, 0.1) is 10.7 Å². The van der Waals surface area contributed by atoms with Crippen molar-refractivity contribution in [2.45, 2.75) is 20.3 Å². The minimum Gasteiger partial charge on any atom is -0.396 e. The van der Waals surface area contributed by atoms with Crippen molar-refractivity contribution in [1.29, 1.82) is 0 Å². The largest absolute Gasteiger partial charge is 0.396 e. The molecule has 22 heavy (non-hydrogen) atoms. The van der Waals surface area contributed by atoms with Gasteiger partial charge >= 0.3 is 0 Å². The molecule has 0 saturated heterocycles. The lowest BCUT2D eigenvalue weighted by atomic mass is 10.1. The first kappa shape index (κ1) is 16.5. The molecule has 0 radical (unpaired) electrons. The van der Waals surface area contributed by atoms with E-state index in [4.69, 9.17) is 16.7 Å². The summed E-state index contributed by atoms with van der Waals surface area (Å²) in [5, 5.41) is 16.6. The van der Waals surface area contributed by atoms with Crippen molar-refractivity contribution in [3.8, 4) is 5.69 Å². The lowest BCUT2D eigenvalue weighted by Crippen LogP contribution is -2.29. The van der Waals surface area contributed by atoms with Crippen molar-refractivity contribution in [1.82, 2.24) is 15.1 Å². The normalized spacial score (nSPS) is 12.2. The van der Waals surface area contributed by atoms with E-state index in [0.717, 1.165) is 11.4 Å². The van der Waals surface area contributed by atoms with Gasteiger partial charge in [-0.3, -0.25) is 4.79 Å². The maximum absolute atomic E-state index is 12.2. The second kappa shape index (κ2) is 7.42. The molecular formula is C16H20ClN3O2. The van der Waals surface area contributed by atoms with Crippen LogP contribution in [0.15, 0.2) is 30.3 Å². The minimum absolute atomic E-state index is 0.122. The molecule has 0 fully saturated rings. The topological polar surface area (TPSA) is 67.2 Å². The van der Waals surface area contributed by atoms with Gasteiger partial charge in [-0.1, -0.05) is 30.7 Å². The summed E-state index contributed by atoms with van der Waals surface area (Å²) in [5.74, 6) is -0.000561. The Kier molecular flexibility index (Phi) is 5.57. The number of rotatable bonds is 6. The van der Waals surface area contributed by atoms with Gasteiger partial charge in [-0.2, -0.15) is 5.10 Å². The van der Waals surface area contributed by atoms with E-state index < -0.39 is 0 Å². The molecule has 1 amide bonds. The van der Waals surface area contributed by atoms with Gasteiger partial charge in [0.25, 0.3) is 5.91 Å². The first-order valence-corrected chi connectivity index (χ1v) is 7.61. The third-order valence-electron chi connectivity index (χ3n) is 3.43. The van der Waals surface area contributed by atoms with Crippen LogP contribution in [0.4, 0.5) is 0 Å². The molecule has 2 rings (SSSR count). The van der Waals surface area contributed by atoms with Crippen LogP contribution in [-0.2, 0) is 0 Å². The van der Waals surface area contributed by atoms with Crippen molar-refractivity contribution < 1.29 is 9.90 Å². The number of carbonyl (C=O) groups is 1. The van der Waals surface area contributed by atoms with Gasteiger partial charge in [0.15, 0.2) is 5.69 Å². The number of aromatic nitrogens is 2. The number of nitrogens with one attached hydrogen (secondary N) is 1. The zero-order valence-corrected chi connectivity index (χ0v) is 13.5. The number of hydrogen-bond donors (Lipinski definition) is 2. The number of hydrogen-bond acceptors (Lipinski definition) is 3. The number of aryl methyl sites for hydroxylation is 1. The third-order valence-corrected chi connectivity index (χ3v) is 3.75. The van der Waals surface area contributed by atoms with E-state index in [1.807, 2.05) is 32.0 Å². The molecule has 1 heterocycles. The summed E-state index contributed by atoms with van der Waals surface area (Å²) in [6.07, 6.45) is 0.660. The molecule has 0 aliphatic carbocycles. The Morgan fingerprint density at radius 2 is 2.18 bits per heavy atom. The molecule has 118 valence electrons. The Labute approximate surface area is 134 Å². The van der Waals surface area contributed by atoms with Crippen molar-refractivity contribution in [2.75, 3.05) is 13.2 Å². The predicted octanol–water partition coefficient (Wildman–Crippen LogP) is 2.58. The third kappa shape index (κ3) is 3.87. The van der Waals surface area contributed by atoms with Crippen molar-refractivity contribution in [2.24, 2.45) is 5.92 Å². The average Bonchev–Trinajstić information content (AvgIpc) is 2.87. The van der Waals surface area contributed by atoms with Crippen LogP contribution >= 0.6 is 11.6 Å². The Balaban J connectivity index is 2.13. The molecule has 2 aromatic rings. The van der Waals surface area contributed by atoms with Gasteiger partial charge in [-0.15, -0.1) is 0 Å². The second-order valence-electron chi connectivity index (χ2n) is 5.36. The van der Waals surface area contributed by atoms with E-state index in [1.165, 1.54) is 0 Å². The Morgan fingerprint density at radius 3 is 2.86 bits per heavy atom. The second-order valence-corrected chi connectivity index (χ2v) is 5.77. The summed E-state index contributed by atoms with van der Waals surface area (Å²) in [6, 6.07) is 9.09. The molecule has 1 aromatic heterocycles. The van der Waals surface area contributed by atoms with Crippen molar-refractivity contribution >= 4 is 17.5 Å². The molecule has 2 N–H and O–H groups in total. The molecule has 6 heteroatoms. The summed E-state index contributed by atoms with van der Waals surface area (Å²) in [6.45, 7) is 4.49. The number of para-hydroxylation sites is 1. The zero-order valence-electron chi connectivity index (χ0n) is 12.7. The van der Waals surface area contributed by atoms with E-state index in [0.29, 0.717) is 23.7 Å². The number of amides is 1. The highest BCUT2D eigenvalue weighted by Crippen LogP contribution is 2.21. The molecule has 5 nitrogen and oxygen atoms in total.